The van der Waals surface area contributed by atoms with Gasteiger partial charge in [-0.05, 0) is 54.8 Å². The highest BCUT2D eigenvalue weighted by atomic mass is 35.5. The Bertz CT molecular complexity index is 1080. The summed E-state index contributed by atoms with van der Waals surface area (Å²) in [6.45, 7) is 3.30. The Balaban J connectivity index is 1.94. The van der Waals surface area contributed by atoms with Crippen LogP contribution in [0.2, 0.25) is 5.02 Å². The van der Waals surface area contributed by atoms with Gasteiger partial charge in [0, 0.05) is 29.5 Å². The number of hydrogen-bond donors (Lipinski definition) is 0. The normalized spacial score (nSPS) is 16.5. The van der Waals surface area contributed by atoms with Gasteiger partial charge in [-0.25, -0.2) is 0 Å². The third-order valence-corrected chi connectivity index (χ3v) is 9.59. The number of hydrogen-bond acceptors (Lipinski definition) is 2. The Hall–Kier alpha value is -2.73. The van der Waals surface area contributed by atoms with Gasteiger partial charge in [-0.1, -0.05) is 60.1 Å². The molecule has 0 N–H and O–H groups in total. The molecule has 1 saturated heterocycles. The topological polar surface area (TPSA) is 47.3 Å². The van der Waals surface area contributed by atoms with Crippen LogP contribution in [0.5, 0.6) is 0 Å². The van der Waals surface area contributed by atoms with Crippen LogP contribution in [0.15, 0.2) is 78.9 Å². The number of rotatable bonds is 5. The van der Waals surface area contributed by atoms with Crippen LogP contribution in [0.3, 0.4) is 0 Å². The summed E-state index contributed by atoms with van der Waals surface area (Å²) >= 11 is 6.66. The maximum atomic E-state index is 15.3. The number of nitrogens with zero attached hydrogens (tertiary/aromatic N) is 3. The van der Waals surface area contributed by atoms with Crippen molar-refractivity contribution in [2.24, 2.45) is 0 Å². The van der Waals surface area contributed by atoms with Crippen LogP contribution in [0.4, 0.5) is 11.4 Å². The molecule has 3 aromatic carbocycles. The molecule has 31 heavy (non-hydrogen) atoms. The highest BCUT2D eigenvalue weighted by Gasteiger charge is 2.48. The molecule has 4 nitrogen and oxygen atoms in total. The predicted molar refractivity (Wildman–Crippen MR) is 129 cm³/mol. The van der Waals surface area contributed by atoms with Crippen molar-refractivity contribution in [1.29, 1.82) is 5.26 Å². The largest absolute Gasteiger partial charge is 0.306 e. The molecule has 0 bridgehead atoms. The summed E-state index contributed by atoms with van der Waals surface area (Å²) in [5, 5.41) is 10.3. The number of nitriles is 1. The standard InChI is InChI=1S/C25H25ClN3OP/c1-20-13-14-23(24(26)19-20)25(15-16-27)31(30)28(21-9-4-2-5-10-21)17-8-18-29(31)22-11-6-3-7-12-22/h2-7,9-14,19,25H,8,15,17-18H2,1H3. The van der Waals surface area contributed by atoms with Gasteiger partial charge in [0.15, 0.2) is 0 Å². The fraction of sp³-hybridized carbons (Fsp3) is 0.240. The predicted octanol–water partition coefficient (Wildman–Crippen LogP) is 7.21. The first-order valence-corrected chi connectivity index (χ1v) is 12.5. The lowest BCUT2D eigenvalue weighted by atomic mass is 10.1. The summed E-state index contributed by atoms with van der Waals surface area (Å²) < 4.78 is 19.3. The van der Waals surface area contributed by atoms with Gasteiger partial charge in [-0.3, -0.25) is 4.57 Å². The molecule has 0 amide bonds. The summed E-state index contributed by atoms with van der Waals surface area (Å²) in [6.07, 6.45) is 0.988. The second-order valence-corrected chi connectivity index (χ2v) is 10.9. The minimum absolute atomic E-state index is 0.118. The van der Waals surface area contributed by atoms with Crippen LogP contribution >= 0.6 is 19.0 Å². The molecule has 1 aliphatic rings. The van der Waals surface area contributed by atoms with Crippen molar-refractivity contribution in [3.05, 3.63) is 95.0 Å². The van der Waals surface area contributed by atoms with Gasteiger partial charge in [0.05, 0.1) is 18.1 Å². The molecule has 1 fully saturated rings. The van der Waals surface area contributed by atoms with E-state index in [4.69, 9.17) is 11.6 Å². The summed E-state index contributed by atoms with van der Waals surface area (Å²) in [5.74, 6) is 0. The molecular formula is C25H25ClN3OP. The second kappa shape index (κ2) is 9.18. The fourth-order valence-corrected chi connectivity index (χ4v) is 8.38. The Labute approximate surface area is 189 Å². The monoisotopic (exact) mass is 449 g/mol. The van der Waals surface area contributed by atoms with E-state index in [9.17, 15) is 5.26 Å². The SMILES string of the molecule is Cc1ccc(C(CC#N)P2(=O)N(c3ccccc3)CCCN2c2ccccc2)c(Cl)c1. The zero-order chi connectivity index (χ0) is 21.8. The van der Waals surface area contributed by atoms with Crippen LogP contribution in [0, 0.1) is 18.3 Å². The summed E-state index contributed by atoms with van der Waals surface area (Å²) in [6, 6.07) is 27.8. The molecule has 158 valence electrons. The zero-order valence-corrected chi connectivity index (χ0v) is 19.1. The van der Waals surface area contributed by atoms with E-state index in [-0.39, 0.29) is 6.42 Å². The summed E-state index contributed by atoms with van der Waals surface area (Å²) in [7, 11) is -3.31. The molecule has 0 aromatic heterocycles. The van der Waals surface area contributed by atoms with Crippen molar-refractivity contribution in [1.82, 2.24) is 0 Å². The number of aryl methyl sites for hydroxylation is 1. The van der Waals surface area contributed by atoms with Crippen molar-refractivity contribution in [3.63, 3.8) is 0 Å². The average molecular weight is 450 g/mol. The van der Waals surface area contributed by atoms with Gasteiger partial charge in [-0.15, -0.1) is 0 Å². The maximum absolute atomic E-state index is 15.3. The van der Waals surface area contributed by atoms with Gasteiger partial charge in [0.1, 0.15) is 0 Å². The minimum Gasteiger partial charge on any atom is -0.306 e. The smallest absolute Gasteiger partial charge is 0.271 e. The average Bonchev–Trinajstić information content (AvgIpc) is 2.79. The molecule has 1 heterocycles. The molecule has 0 saturated carbocycles. The second-order valence-electron chi connectivity index (χ2n) is 7.76. The van der Waals surface area contributed by atoms with Crippen LogP contribution < -0.4 is 9.34 Å². The molecule has 3 aromatic rings. The molecule has 6 heteroatoms. The summed E-state index contributed by atoms with van der Waals surface area (Å²) in [5.41, 5.74) is 3.06. The van der Waals surface area contributed by atoms with Crippen molar-refractivity contribution in [2.75, 3.05) is 22.4 Å². The molecule has 1 atom stereocenters. The minimum atomic E-state index is -3.31. The Kier molecular flexibility index (Phi) is 6.37. The lowest BCUT2D eigenvalue weighted by Crippen LogP contribution is -2.41. The van der Waals surface area contributed by atoms with Crippen molar-refractivity contribution < 1.29 is 4.57 Å². The molecule has 0 radical (unpaired) electrons. The Morgan fingerprint density at radius 3 is 2.00 bits per heavy atom. The van der Waals surface area contributed by atoms with E-state index >= 15 is 4.57 Å². The van der Waals surface area contributed by atoms with E-state index in [2.05, 4.69) is 6.07 Å². The van der Waals surface area contributed by atoms with Gasteiger partial charge in [0.25, 0.3) is 7.44 Å². The van der Waals surface area contributed by atoms with Crippen molar-refractivity contribution >= 4 is 30.4 Å². The molecule has 0 aliphatic carbocycles. The van der Waals surface area contributed by atoms with E-state index < -0.39 is 13.1 Å². The third-order valence-electron chi connectivity index (χ3n) is 5.75. The van der Waals surface area contributed by atoms with E-state index in [1.54, 1.807) is 0 Å². The molecule has 1 unspecified atom stereocenters. The number of benzene rings is 3. The van der Waals surface area contributed by atoms with Crippen LogP contribution in [0.25, 0.3) is 0 Å². The van der Waals surface area contributed by atoms with Crippen molar-refractivity contribution in [2.45, 2.75) is 25.4 Å². The van der Waals surface area contributed by atoms with E-state index in [1.807, 2.05) is 95.1 Å². The van der Waals surface area contributed by atoms with Gasteiger partial charge in [0.2, 0.25) is 0 Å². The quantitative estimate of drug-likeness (QED) is 0.386. The highest BCUT2D eigenvalue weighted by molar-refractivity contribution is 7.67. The van der Waals surface area contributed by atoms with Gasteiger partial charge >= 0.3 is 0 Å². The number of para-hydroxylation sites is 2. The lowest BCUT2D eigenvalue weighted by molar-refractivity contribution is 0.547. The van der Waals surface area contributed by atoms with Crippen LogP contribution in [-0.2, 0) is 4.57 Å². The van der Waals surface area contributed by atoms with Gasteiger partial charge in [-0.2, -0.15) is 5.26 Å². The van der Waals surface area contributed by atoms with Crippen LogP contribution in [0.1, 0.15) is 29.6 Å². The third kappa shape index (κ3) is 4.09. The maximum Gasteiger partial charge on any atom is 0.271 e. The Morgan fingerprint density at radius 2 is 1.52 bits per heavy atom. The lowest BCUT2D eigenvalue weighted by Gasteiger charge is -2.48. The molecule has 4 rings (SSSR count). The number of halogens is 1. The fourth-order valence-electron chi connectivity index (χ4n) is 4.31. The first kappa shape index (κ1) is 21.5. The first-order valence-electron chi connectivity index (χ1n) is 10.4. The van der Waals surface area contributed by atoms with Crippen LogP contribution in [-0.4, -0.2) is 13.1 Å². The highest BCUT2D eigenvalue weighted by Crippen LogP contribution is 2.69. The molecule has 0 spiro atoms. The molecule has 1 aliphatic heterocycles. The van der Waals surface area contributed by atoms with E-state index in [0.29, 0.717) is 18.1 Å². The summed E-state index contributed by atoms with van der Waals surface area (Å²) in [4.78, 5) is 0. The van der Waals surface area contributed by atoms with Crippen molar-refractivity contribution in [3.8, 4) is 6.07 Å². The number of anilines is 2. The van der Waals surface area contributed by atoms with E-state index in [0.717, 1.165) is 28.9 Å². The van der Waals surface area contributed by atoms with E-state index in [1.165, 1.54) is 0 Å². The first-order chi connectivity index (χ1) is 15.1. The van der Waals surface area contributed by atoms with Gasteiger partial charge < -0.3 is 9.34 Å². The Morgan fingerprint density at radius 1 is 0.968 bits per heavy atom. The molecular weight excluding hydrogens is 425 g/mol. The zero-order valence-electron chi connectivity index (χ0n) is 17.5.